The van der Waals surface area contributed by atoms with Crippen molar-refractivity contribution in [3.05, 3.63) is 71.6 Å². The van der Waals surface area contributed by atoms with Crippen LogP contribution < -0.4 is 5.32 Å². The van der Waals surface area contributed by atoms with Crippen LogP contribution in [0.2, 0.25) is 0 Å². The molecule has 1 N–H and O–H groups in total. The summed E-state index contributed by atoms with van der Waals surface area (Å²) in [6.07, 6.45) is 1.57. The second-order valence-electron chi connectivity index (χ2n) is 5.45. The predicted molar refractivity (Wildman–Crippen MR) is 89.3 cm³/mol. The Kier molecular flexibility index (Phi) is 5.41. The van der Waals surface area contributed by atoms with Crippen molar-refractivity contribution in [1.29, 1.82) is 0 Å². The van der Waals surface area contributed by atoms with Crippen LogP contribution in [0, 0.1) is 11.7 Å². The fourth-order valence-corrected chi connectivity index (χ4v) is 2.01. The molecular formula is C19H18FNO2. The number of benzene rings is 2. The number of ketones is 1. The molecule has 0 saturated carbocycles. The highest BCUT2D eigenvalue weighted by atomic mass is 19.1. The third-order valence-corrected chi connectivity index (χ3v) is 3.25. The van der Waals surface area contributed by atoms with Crippen LogP contribution in [0.25, 0.3) is 6.08 Å². The third kappa shape index (κ3) is 4.61. The number of Topliss-reactive ketones (excluding diaryl/α,β-unsaturated/α-hetero) is 1. The summed E-state index contributed by atoms with van der Waals surface area (Å²) in [5.74, 6) is -1.43. The van der Waals surface area contributed by atoms with Crippen LogP contribution in [0.1, 0.15) is 19.4 Å². The van der Waals surface area contributed by atoms with Crippen LogP contribution >= 0.6 is 0 Å². The summed E-state index contributed by atoms with van der Waals surface area (Å²) in [6, 6.07) is 14.6. The van der Waals surface area contributed by atoms with Gasteiger partial charge in [-0.25, -0.2) is 4.39 Å². The van der Waals surface area contributed by atoms with Crippen molar-refractivity contribution in [2.45, 2.75) is 13.8 Å². The van der Waals surface area contributed by atoms with Crippen molar-refractivity contribution in [2.75, 3.05) is 5.32 Å². The minimum atomic E-state index is -0.501. The molecule has 0 fully saturated rings. The van der Waals surface area contributed by atoms with Gasteiger partial charge in [0.1, 0.15) is 5.82 Å². The molecule has 2 aromatic carbocycles. The van der Waals surface area contributed by atoms with E-state index in [1.807, 2.05) is 30.3 Å². The summed E-state index contributed by atoms with van der Waals surface area (Å²) in [4.78, 5) is 24.8. The fourth-order valence-electron chi connectivity index (χ4n) is 2.01. The standard InChI is InChI=1S/C19H18FNO2/c1-13(2)18(22)17(12-14-6-4-3-5-7-14)19(23)21-16-10-8-15(20)9-11-16/h3-13H,1-2H3,(H,21,23). The second kappa shape index (κ2) is 7.49. The first-order valence-electron chi connectivity index (χ1n) is 7.35. The molecule has 2 aromatic rings. The maximum absolute atomic E-state index is 12.9. The third-order valence-electron chi connectivity index (χ3n) is 3.25. The number of carbonyl (C=O) groups excluding carboxylic acids is 2. The van der Waals surface area contributed by atoms with Gasteiger partial charge in [-0.1, -0.05) is 44.2 Å². The quantitative estimate of drug-likeness (QED) is 0.514. The van der Waals surface area contributed by atoms with Crippen molar-refractivity contribution in [2.24, 2.45) is 5.92 Å². The number of anilines is 1. The fraction of sp³-hybridized carbons (Fsp3) is 0.158. The first-order chi connectivity index (χ1) is 11.0. The number of hydrogen-bond donors (Lipinski definition) is 1. The van der Waals surface area contributed by atoms with Crippen LogP contribution in [0.5, 0.6) is 0 Å². The molecule has 3 nitrogen and oxygen atoms in total. The minimum absolute atomic E-state index is 0.0792. The van der Waals surface area contributed by atoms with Gasteiger partial charge >= 0.3 is 0 Å². The molecule has 1 amide bonds. The summed E-state index contributed by atoms with van der Waals surface area (Å²) in [5, 5.41) is 2.63. The molecule has 0 bridgehead atoms. The molecule has 0 spiro atoms. The van der Waals surface area contributed by atoms with Gasteiger partial charge in [0.25, 0.3) is 5.91 Å². The lowest BCUT2D eigenvalue weighted by Gasteiger charge is -2.10. The Morgan fingerprint density at radius 1 is 1.00 bits per heavy atom. The van der Waals surface area contributed by atoms with E-state index in [-0.39, 0.29) is 23.1 Å². The Morgan fingerprint density at radius 3 is 2.17 bits per heavy atom. The van der Waals surface area contributed by atoms with E-state index in [0.29, 0.717) is 5.69 Å². The molecule has 0 unspecified atom stereocenters. The largest absolute Gasteiger partial charge is 0.322 e. The van der Waals surface area contributed by atoms with Crippen molar-refractivity contribution in [3.63, 3.8) is 0 Å². The smallest absolute Gasteiger partial charge is 0.259 e. The summed E-state index contributed by atoms with van der Waals surface area (Å²) in [5.41, 5.74) is 1.29. The van der Waals surface area contributed by atoms with E-state index in [2.05, 4.69) is 5.32 Å². The molecule has 0 aliphatic carbocycles. The van der Waals surface area contributed by atoms with Gasteiger partial charge in [-0.2, -0.15) is 0 Å². The molecular weight excluding hydrogens is 293 g/mol. The number of rotatable bonds is 5. The van der Waals surface area contributed by atoms with Crippen LogP contribution in [0.4, 0.5) is 10.1 Å². The maximum atomic E-state index is 12.9. The van der Waals surface area contributed by atoms with E-state index in [1.165, 1.54) is 24.3 Å². The number of hydrogen-bond acceptors (Lipinski definition) is 2. The number of carbonyl (C=O) groups is 2. The molecule has 0 atom stereocenters. The van der Waals surface area contributed by atoms with Crippen LogP contribution in [0.3, 0.4) is 0 Å². The molecule has 2 rings (SSSR count). The zero-order valence-electron chi connectivity index (χ0n) is 13.0. The minimum Gasteiger partial charge on any atom is -0.322 e. The van der Waals surface area contributed by atoms with Crippen molar-refractivity contribution in [1.82, 2.24) is 0 Å². The van der Waals surface area contributed by atoms with E-state index in [9.17, 15) is 14.0 Å². The molecule has 0 saturated heterocycles. The topological polar surface area (TPSA) is 46.2 Å². The Hall–Kier alpha value is -2.75. The normalized spacial score (nSPS) is 11.4. The molecule has 23 heavy (non-hydrogen) atoms. The lowest BCUT2D eigenvalue weighted by molar-refractivity contribution is -0.121. The SMILES string of the molecule is CC(C)C(=O)C(=Cc1ccccc1)C(=O)Nc1ccc(F)cc1. The van der Waals surface area contributed by atoms with Gasteiger partial charge in [-0.15, -0.1) is 0 Å². The first-order valence-corrected chi connectivity index (χ1v) is 7.35. The first kappa shape index (κ1) is 16.6. The predicted octanol–water partition coefficient (Wildman–Crippen LogP) is 4.07. The average molecular weight is 311 g/mol. The Balaban J connectivity index is 2.29. The highest BCUT2D eigenvalue weighted by molar-refractivity contribution is 6.26. The molecule has 0 aromatic heterocycles. The van der Waals surface area contributed by atoms with Gasteiger partial charge < -0.3 is 5.32 Å². The van der Waals surface area contributed by atoms with Gasteiger partial charge in [0.05, 0.1) is 5.57 Å². The molecule has 4 heteroatoms. The lowest BCUT2D eigenvalue weighted by Crippen LogP contribution is -2.23. The highest BCUT2D eigenvalue weighted by Gasteiger charge is 2.21. The van der Waals surface area contributed by atoms with Crippen LogP contribution in [-0.2, 0) is 9.59 Å². The second-order valence-corrected chi connectivity index (χ2v) is 5.45. The highest BCUT2D eigenvalue weighted by Crippen LogP contribution is 2.16. The summed E-state index contributed by atoms with van der Waals surface area (Å²) < 4.78 is 12.9. The van der Waals surface area contributed by atoms with Gasteiger partial charge in [0.15, 0.2) is 5.78 Å². The van der Waals surface area contributed by atoms with Crippen molar-refractivity contribution in [3.8, 4) is 0 Å². The van der Waals surface area contributed by atoms with Gasteiger partial charge in [0, 0.05) is 11.6 Å². The Morgan fingerprint density at radius 2 is 1.61 bits per heavy atom. The Labute approximate surface area is 134 Å². The van der Waals surface area contributed by atoms with Gasteiger partial charge in [-0.3, -0.25) is 9.59 Å². The van der Waals surface area contributed by atoms with E-state index < -0.39 is 5.91 Å². The molecule has 0 heterocycles. The zero-order valence-corrected chi connectivity index (χ0v) is 13.0. The lowest BCUT2D eigenvalue weighted by atomic mass is 9.98. The number of amides is 1. The molecule has 0 aliphatic rings. The molecule has 118 valence electrons. The number of halogens is 1. The number of nitrogens with one attached hydrogen (secondary N) is 1. The average Bonchev–Trinajstić information content (AvgIpc) is 2.55. The molecule has 0 aliphatic heterocycles. The van der Waals surface area contributed by atoms with E-state index in [4.69, 9.17) is 0 Å². The molecule has 0 radical (unpaired) electrons. The van der Waals surface area contributed by atoms with E-state index >= 15 is 0 Å². The summed E-state index contributed by atoms with van der Waals surface area (Å²) in [7, 11) is 0. The van der Waals surface area contributed by atoms with Gasteiger partial charge in [-0.05, 0) is 35.9 Å². The van der Waals surface area contributed by atoms with E-state index in [0.717, 1.165) is 5.56 Å². The van der Waals surface area contributed by atoms with Crippen molar-refractivity contribution >= 4 is 23.5 Å². The van der Waals surface area contributed by atoms with Crippen LogP contribution in [0.15, 0.2) is 60.2 Å². The summed E-state index contributed by atoms with van der Waals surface area (Å²) >= 11 is 0. The zero-order chi connectivity index (χ0) is 16.8. The Bertz CT molecular complexity index is 719. The monoisotopic (exact) mass is 311 g/mol. The maximum Gasteiger partial charge on any atom is 0.259 e. The van der Waals surface area contributed by atoms with E-state index in [1.54, 1.807) is 19.9 Å². The van der Waals surface area contributed by atoms with Crippen molar-refractivity contribution < 1.29 is 14.0 Å². The van der Waals surface area contributed by atoms with Crippen LogP contribution in [-0.4, -0.2) is 11.7 Å². The van der Waals surface area contributed by atoms with Gasteiger partial charge in [0.2, 0.25) is 0 Å². The summed E-state index contributed by atoms with van der Waals surface area (Å²) in [6.45, 7) is 3.48.